The van der Waals surface area contributed by atoms with Gasteiger partial charge in [-0.2, -0.15) is 5.26 Å². The monoisotopic (exact) mass is 305 g/mol. The number of imide groups is 1. The fourth-order valence-corrected chi connectivity index (χ4v) is 2.72. The van der Waals surface area contributed by atoms with E-state index in [1.807, 2.05) is 12.1 Å². The van der Waals surface area contributed by atoms with Gasteiger partial charge in [-0.1, -0.05) is 24.3 Å². The minimum atomic E-state index is -0.356. The van der Waals surface area contributed by atoms with Gasteiger partial charge in [0.05, 0.1) is 22.8 Å². The van der Waals surface area contributed by atoms with Gasteiger partial charge in [0.15, 0.2) is 0 Å². The average molecular weight is 305 g/mol. The van der Waals surface area contributed by atoms with Crippen LogP contribution in [0.5, 0.6) is 0 Å². The van der Waals surface area contributed by atoms with Gasteiger partial charge in [-0.15, -0.1) is 0 Å². The average Bonchev–Trinajstić information content (AvgIpc) is 2.81. The zero-order valence-electron chi connectivity index (χ0n) is 12.4. The molecule has 1 heterocycles. The van der Waals surface area contributed by atoms with Crippen LogP contribution in [-0.4, -0.2) is 29.3 Å². The molecule has 0 spiro atoms. The number of hydrogen-bond donors (Lipinski definition) is 1. The molecule has 5 nitrogen and oxygen atoms in total. The summed E-state index contributed by atoms with van der Waals surface area (Å²) in [6, 6.07) is 15.6. The summed E-state index contributed by atoms with van der Waals surface area (Å²) >= 11 is 0. The molecule has 0 saturated carbocycles. The van der Waals surface area contributed by atoms with Crippen molar-refractivity contribution in [3.63, 3.8) is 0 Å². The highest BCUT2D eigenvalue weighted by Crippen LogP contribution is 2.22. The van der Waals surface area contributed by atoms with Crippen LogP contribution < -0.4 is 5.73 Å². The maximum absolute atomic E-state index is 12.3. The van der Waals surface area contributed by atoms with Crippen LogP contribution in [0.2, 0.25) is 0 Å². The van der Waals surface area contributed by atoms with Gasteiger partial charge in [-0.05, 0) is 36.2 Å². The summed E-state index contributed by atoms with van der Waals surface area (Å²) < 4.78 is 0. The van der Waals surface area contributed by atoms with Gasteiger partial charge in [0.2, 0.25) is 0 Å². The fourth-order valence-electron chi connectivity index (χ4n) is 2.72. The van der Waals surface area contributed by atoms with Gasteiger partial charge in [0.25, 0.3) is 11.8 Å². The third kappa shape index (κ3) is 2.85. The first-order valence-electron chi connectivity index (χ1n) is 7.30. The maximum Gasteiger partial charge on any atom is 0.261 e. The van der Waals surface area contributed by atoms with Gasteiger partial charge in [0.1, 0.15) is 0 Å². The largest absolute Gasteiger partial charge is 0.326 e. The molecule has 23 heavy (non-hydrogen) atoms. The zero-order valence-corrected chi connectivity index (χ0v) is 12.4. The second kappa shape index (κ2) is 6.03. The van der Waals surface area contributed by atoms with Crippen molar-refractivity contribution >= 4 is 11.8 Å². The van der Waals surface area contributed by atoms with Crippen LogP contribution in [0.3, 0.4) is 0 Å². The Balaban J connectivity index is 1.69. The number of nitrogens with zero attached hydrogens (tertiary/aromatic N) is 2. The predicted molar refractivity (Wildman–Crippen MR) is 84.6 cm³/mol. The number of rotatable bonds is 4. The summed E-state index contributed by atoms with van der Waals surface area (Å²) in [7, 11) is 0. The van der Waals surface area contributed by atoms with Crippen LogP contribution >= 0.6 is 0 Å². The third-order valence-corrected chi connectivity index (χ3v) is 3.88. The summed E-state index contributed by atoms with van der Waals surface area (Å²) in [4.78, 5) is 25.8. The van der Waals surface area contributed by atoms with Crippen molar-refractivity contribution in [3.05, 3.63) is 70.8 Å². The molecular weight excluding hydrogens is 290 g/mol. The van der Waals surface area contributed by atoms with E-state index in [-0.39, 0.29) is 24.4 Å². The van der Waals surface area contributed by atoms with Gasteiger partial charge in [-0.25, -0.2) is 0 Å². The molecule has 3 rings (SSSR count). The molecular formula is C18H15N3O2. The highest BCUT2D eigenvalue weighted by molar-refractivity contribution is 6.21. The lowest BCUT2D eigenvalue weighted by molar-refractivity contribution is 0.0644. The van der Waals surface area contributed by atoms with Gasteiger partial charge < -0.3 is 5.73 Å². The van der Waals surface area contributed by atoms with Crippen molar-refractivity contribution in [2.24, 2.45) is 5.73 Å². The Hall–Kier alpha value is -2.97. The first-order valence-corrected chi connectivity index (χ1v) is 7.30. The molecule has 2 aromatic carbocycles. The minimum absolute atomic E-state index is 0.173. The van der Waals surface area contributed by atoms with Gasteiger partial charge in [-0.3, -0.25) is 14.5 Å². The maximum atomic E-state index is 12.3. The number of nitriles is 1. The molecule has 1 unspecified atom stereocenters. The predicted octanol–water partition coefficient (Wildman–Crippen LogP) is 1.72. The Bertz CT molecular complexity index is 771. The molecule has 2 N–H and O–H groups in total. The number of amides is 2. The van der Waals surface area contributed by atoms with E-state index in [0.717, 1.165) is 5.56 Å². The van der Waals surface area contributed by atoms with Crippen molar-refractivity contribution in [2.45, 2.75) is 12.5 Å². The topological polar surface area (TPSA) is 87.2 Å². The number of carbonyl (C=O) groups excluding carboxylic acids is 2. The van der Waals surface area contributed by atoms with Crippen molar-refractivity contribution in [3.8, 4) is 6.07 Å². The lowest BCUT2D eigenvalue weighted by atomic mass is 10.0. The molecule has 0 saturated heterocycles. The normalized spacial score (nSPS) is 14.5. The van der Waals surface area contributed by atoms with E-state index >= 15 is 0 Å². The summed E-state index contributed by atoms with van der Waals surface area (Å²) in [6.45, 7) is 0.173. The van der Waals surface area contributed by atoms with Crippen LogP contribution in [-0.2, 0) is 6.42 Å². The van der Waals surface area contributed by atoms with E-state index < -0.39 is 0 Å². The van der Waals surface area contributed by atoms with Gasteiger partial charge in [0, 0.05) is 12.6 Å². The van der Waals surface area contributed by atoms with E-state index in [9.17, 15) is 9.59 Å². The van der Waals surface area contributed by atoms with Crippen LogP contribution in [0.4, 0.5) is 0 Å². The van der Waals surface area contributed by atoms with Crippen molar-refractivity contribution < 1.29 is 9.59 Å². The molecule has 2 amide bonds. The Labute approximate surface area is 133 Å². The molecule has 114 valence electrons. The van der Waals surface area contributed by atoms with E-state index in [4.69, 9.17) is 11.0 Å². The van der Waals surface area contributed by atoms with E-state index in [0.29, 0.717) is 23.1 Å². The smallest absolute Gasteiger partial charge is 0.261 e. The summed E-state index contributed by atoms with van der Waals surface area (Å²) in [6.07, 6.45) is 0.527. The first-order chi connectivity index (χ1) is 11.1. The van der Waals surface area contributed by atoms with E-state index in [1.165, 1.54) is 4.90 Å². The summed E-state index contributed by atoms with van der Waals surface area (Å²) in [5, 5.41) is 8.79. The Morgan fingerprint density at radius 2 is 1.57 bits per heavy atom. The molecule has 0 fully saturated rings. The molecule has 0 radical (unpaired) electrons. The van der Waals surface area contributed by atoms with E-state index in [2.05, 4.69) is 6.07 Å². The van der Waals surface area contributed by atoms with Crippen molar-refractivity contribution in [1.82, 2.24) is 4.90 Å². The summed E-state index contributed by atoms with van der Waals surface area (Å²) in [5.74, 6) is -0.582. The zero-order chi connectivity index (χ0) is 16.4. The Kier molecular flexibility index (Phi) is 3.92. The lowest BCUT2D eigenvalue weighted by Gasteiger charge is -2.19. The van der Waals surface area contributed by atoms with Crippen LogP contribution in [0, 0.1) is 11.3 Å². The van der Waals surface area contributed by atoms with Gasteiger partial charge >= 0.3 is 0 Å². The first kappa shape index (κ1) is 14.9. The molecule has 1 atom stereocenters. The van der Waals surface area contributed by atoms with Crippen molar-refractivity contribution in [2.75, 3.05) is 6.54 Å². The number of fused-ring (bicyclic) bond motifs is 1. The standard InChI is InChI=1S/C18H15N3O2/c19-10-13-7-5-12(6-8-13)9-14(20)11-21-17(22)15-3-1-2-4-16(15)18(21)23/h1-8,14H,9,11,20H2. The molecule has 0 aliphatic carbocycles. The number of carbonyl (C=O) groups is 2. The summed E-state index contributed by atoms with van der Waals surface area (Å²) in [5.41, 5.74) is 8.52. The quantitative estimate of drug-likeness (QED) is 0.871. The highest BCUT2D eigenvalue weighted by atomic mass is 16.2. The van der Waals surface area contributed by atoms with Crippen LogP contribution in [0.1, 0.15) is 31.8 Å². The fraction of sp³-hybridized carbons (Fsp3) is 0.167. The second-order valence-corrected chi connectivity index (χ2v) is 5.54. The highest BCUT2D eigenvalue weighted by Gasteiger charge is 2.35. The molecule has 5 heteroatoms. The minimum Gasteiger partial charge on any atom is -0.326 e. The Morgan fingerprint density at radius 1 is 1.00 bits per heavy atom. The molecule has 1 aliphatic heterocycles. The number of hydrogen-bond acceptors (Lipinski definition) is 4. The molecule has 1 aliphatic rings. The SMILES string of the molecule is N#Cc1ccc(CC(N)CN2C(=O)c3ccccc3C2=O)cc1. The number of nitrogens with two attached hydrogens (primary N) is 1. The molecule has 2 aromatic rings. The van der Waals surface area contributed by atoms with E-state index in [1.54, 1.807) is 36.4 Å². The Morgan fingerprint density at radius 3 is 2.09 bits per heavy atom. The number of benzene rings is 2. The van der Waals surface area contributed by atoms with Crippen molar-refractivity contribution in [1.29, 1.82) is 5.26 Å². The third-order valence-electron chi connectivity index (χ3n) is 3.88. The second-order valence-electron chi connectivity index (χ2n) is 5.54. The lowest BCUT2D eigenvalue weighted by Crippen LogP contribution is -2.41. The van der Waals surface area contributed by atoms with Crippen LogP contribution in [0.25, 0.3) is 0 Å². The molecule has 0 bridgehead atoms. The van der Waals surface area contributed by atoms with Crippen LogP contribution in [0.15, 0.2) is 48.5 Å². The molecule has 0 aromatic heterocycles.